The van der Waals surface area contributed by atoms with Gasteiger partial charge in [-0.25, -0.2) is 0 Å². The van der Waals surface area contributed by atoms with E-state index in [9.17, 15) is 4.79 Å². The normalized spacial score (nSPS) is 18.9. The number of benzene rings is 2. The quantitative estimate of drug-likeness (QED) is 0.748. The summed E-state index contributed by atoms with van der Waals surface area (Å²) in [5.41, 5.74) is 2.15. The molecule has 3 rings (SSSR count). The zero-order valence-corrected chi connectivity index (χ0v) is 15.4. The van der Waals surface area contributed by atoms with Crippen LogP contribution in [-0.2, 0) is 4.79 Å². The molecule has 1 aliphatic carbocycles. The molecule has 2 aromatic rings. The van der Waals surface area contributed by atoms with E-state index in [-0.39, 0.29) is 12.0 Å². The van der Waals surface area contributed by atoms with Crippen LogP contribution in [0, 0.1) is 5.92 Å². The van der Waals surface area contributed by atoms with Crippen LogP contribution in [-0.4, -0.2) is 12.9 Å². The number of halogens is 1. The number of hydrogen-bond donors (Lipinski definition) is 1. The van der Waals surface area contributed by atoms with Crippen molar-refractivity contribution in [3.05, 3.63) is 58.6 Å². The van der Waals surface area contributed by atoms with Gasteiger partial charge < -0.3 is 10.1 Å². The van der Waals surface area contributed by atoms with Crippen molar-refractivity contribution in [2.24, 2.45) is 5.92 Å². The van der Waals surface area contributed by atoms with Crippen LogP contribution >= 0.6 is 15.9 Å². The van der Waals surface area contributed by atoms with Gasteiger partial charge in [-0.05, 0) is 54.8 Å². The summed E-state index contributed by atoms with van der Waals surface area (Å²) >= 11 is 3.46. The Bertz CT molecular complexity index is 682. The van der Waals surface area contributed by atoms with E-state index in [1.807, 2.05) is 36.4 Å². The maximum Gasteiger partial charge on any atom is 0.138 e. The minimum Gasteiger partial charge on any atom is -0.497 e. The highest BCUT2D eigenvalue weighted by Crippen LogP contribution is 2.35. The molecule has 2 atom stereocenters. The molecule has 24 heavy (non-hydrogen) atoms. The topological polar surface area (TPSA) is 38.3 Å². The molecular weight excluding hydrogens is 366 g/mol. The van der Waals surface area contributed by atoms with Gasteiger partial charge >= 0.3 is 0 Å². The van der Waals surface area contributed by atoms with Gasteiger partial charge in [-0.2, -0.15) is 0 Å². The molecular formula is C20H22BrNO2. The van der Waals surface area contributed by atoms with Crippen LogP contribution in [0.2, 0.25) is 0 Å². The standard InChI is InChI=1S/C20H22BrNO2/c1-24-17-12-6-14(7-13-17)20(18-4-2-3-5-19(18)23)22-16-10-8-15(21)9-11-16/h6-13,18,20,22H,2-5H2,1H3. The van der Waals surface area contributed by atoms with Crippen molar-refractivity contribution in [2.75, 3.05) is 12.4 Å². The zero-order valence-electron chi connectivity index (χ0n) is 13.8. The Labute approximate surface area is 151 Å². The van der Waals surface area contributed by atoms with E-state index in [1.54, 1.807) is 7.11 Å². The second-order valence-electron chi connectivity index (χ2n) is 6.22. The zero-order chi connectivity index (χ0) is 16.9. The van der Waals surface area contributed by atoms with Crippen molar-refractivity contribution < 1.29 is 9.53 Å². The number of anilines is 1. The highest BCUT2D eigenvalue weighted by atomic mass is 79.9. The van der Waals surface area contributed by atoms with Gasteiger partial charge in [0.1, 0.15) is 11.5 Å². The van der Waals surface area contributed by atoms with E-state index in [0.717, 1.165) is 40.7 Å². The summed E-state index contributed by atoms with van der Waals surface area (Å²) in [5.74, 6) is 1.22. The molecule has 0 aromatic heterocycles. The summed E-state index contributed by atoms with van der Waals surface area (Å²) in [5, 5.41) is 3.58. The molecule has 0 heterocycles. The molecule has 1 N–H and O–H groups in total. The minimum absolute atomic E-state index is 0.00937. The maximum atomic E-state index is 12.5. The highest BCUT2D eigenvalue weighted by Gasteiger charge is 2.31. The lowest BCUT2D eigenvalue weighted by molar-refractivity contribution is -0.125. The molecule has 1 aliphatic rings. The lowest BCUT2D eigenvalue weighted by atomic mass is 9.80. The van der Waals surface area contributed by atoms with Gasteiger partial charge in [0.15, 0.2) is 0 Å². The predicted octanol–water partition coefficient (Wildman–Crippen LogP) is 5.37. The van der Waals surface area contributed by atoms with E-state index in [2.05, 4.69) is 33.4 Å². The van der Waals surface area contributed by atoms with Gasteiger partial charge in [-0.1, -0.05) is 34.5 Å². The number of nitrogens with one attached hydrogen (secondary N) is 1. The van der Waals surface area contributed by atoms with Crippen molar-refractivity contribution in [1.82, 2.24) is 0 Å². The van der Waals surface area contributed by atoms with Gasteiger partial charge in [0.25, 0.3) is 0 Å². The molecule has 4 heteroatoms. The largest absolute Gasteiger partial charge is 0.497 e. The first-order chi connectivity index (χ1) is 11.7. The fourth-order valence-corrected chi connectivity index (χ4v) is 3.58. The third-order valence-electron chi connectivity index (χ3n) is 4.65. The molecule has 126 valence electrons. The Hall–Kier alpha value is -1.81. The molecule has 0 radical (unpaired) electrons. The summed E-state index contributed by atoms with van der Waals surface area (Å²) in [6.07, 6.45) is 3.77. The minimum atomic E-state index is -0.00937. The van der Waals surface area contributed by atoms with Crippen LogP contribution in [0.25, 0.3) is 0 Å². The Balaban J connectivity index is 1.89. The Morgan fingerprint density at radius 3 is 2.42 bits per heavy atom. The molecule has 2 aromatic carbocycles. The number of methoxy groups -OCH3 is 1. The first kappa shape index (κ1) is 17.0. The van der Waals surface area contributed by atoms with Crippen molar-refractivity contribution in [3.63, 3.8) is 0 Å². The molecule has 0 spiro atoms. The van der Waals surface area contributed by atoms with Crippen molar-refractivity contribution >= 4 is 27.4 Å². The first-order valence-corrected chi connectivity index (χ1v) is 9.15. The second-order valence-corrected chi connectivity index (χ2v) is 7.14. The third kappa shape index (κ3) is 3.99. The molecule has 2 unspecified atom stereocenters. The van der Waals surface area contributed by atoms with Crippen LogP contribution in [0.15, 0.2) is 53.0 Å². The second kappa shape index (κ2) is 7.84. The third-order valence-corrected chi connectivity index (χ3v) is 5.17. The SMILES string of the molecule is COc1ccc(C(Nc2ccc(Br)cc2)C2CCCCC2=O)cc1. The molecule has 3 nitrogen and oxygen atoms in total. The van der Waals surface area contributed by atoms with Crippen molar-refractivity contribution in [3.8, 4) is 5.75 Å². The van der Waals surface area contributed by atoms with Gasteiger partial charge in [-0.15, -0.1) is 0 Å². The fraction of sp³-hybridized carbons (Fsp3) is 0.350. The van der Waals surface area contributed by atoms with Gasteiger partial charge in [0.05, 0.1) is 13.2 Å². The number of carbonyl (C=O) groups is 1. The number of rotatable bonds is 5. The van der Waals surface area contributed by atoms with Gasteiger partial charge in [0.2, 0.25) is 0 Å². The van der Waals surface area contributed by atoms with Crippen molar-refractivity contribution in [2.45, 2.75) is 31.7 Å². The molecule has 0 saturated heterocycles. The monoisotopic (exact) mass is 387 g/mol. The van der Waals surface area contributed by atoms with Crippen LogP contribution in [0.4, 0.5) is 5.69 Å². The smallest absolute Gasteiger partial charge is 0.138 e. The number of Topliss-reactive ketones (excluding diaryl/α,β-unsaturated/α-hetero) is 1. The van der Waals surface area contributed by atoms with Gasteiger partial charge in [0, 0.05) is 22.5 Å². The van der Waals surface area contributed by atoms with Crippen LogP contribution in [0.1, 0.15) is 37.3 Å². The number of carbonyl (C=O) groups excluding carboxylic acids is 1. The summed E-state index contributed by atoms with van der Waals surface area (Å²) in [6, 6.07) is 16.1. The summed E-state index contributed by atoms with van der Waals surface area (Å²) in [6.45, 7) is 0. The Morgan fingerprint density at radius 2 is 1.79 bits per heavy atom. The average molecular weight is 388 g/mol. The molecule has 0 bridgehead atoms. The molecule has 0 aliphatic heterocycles. The number of ether oxygens (including phenoxy) is 1. The maximum absolute atomic E-state index is 12.5. The van der Waals surface area contributed by atoms with E-state index >= 15 is 0 Å². The van der Waals surface area contributed by atoms with E-state index in [4.69, 9.17) is 4.74 Å². The number of hydrogen-bond acceptors (Lipinski definition) is 3. The van der Waals surface area contributed by atoms with Gasteiger partial charge in [-0.3, -0.25) is 4.79 Å². The summed E-state index contributed by atoms with van der Waals surface area (Å²) in [7, 11) is 1.66. The lowest BCUT2D eigenvalue weighted by Crippen LogP contribution is -2.30. The van der Waals surface area contributed by atoms with Crippen LogP contribution in [0.3, 0.4) is 0 Å². The summed E-state index contributed by atoms with van der Waals surface area (Å²) in [4.78, 5) is 12.5. The Morgan fingerprint density at radius 1 is 1.08 bits per heavy atom. The predicted molar refractivity (Wildman–Crippen MR) is 100 cm³/mol. The van der Waals surface area contributed by atoms with E-state index in [0.29, 0.717) is 12.2 Å². The highest BCUT2D eigenvalue weighted by molar-refractivity contribution is 9.10. The van der Waals surface area contributed by atoms with Crippen LogP contribution in [0.5, 0.6) is 5.75 Å². The van der Waals surface area contributed by atoms with Crippen LogP contribution < -0.4 is 10.1 Å². The number of ketones is 1. The van der Waals surface area contributed by atoms with E-state index < -0.39 is 0 Å². The fourth-order valence-electron chi connectivity index (χ4n) is 3.32. The lowest BCUT2D eigenvalue weighted by Gasteiger charge is -2.31. The average Bonchev–Trinajstić information content (AvgIpc) is 2.62. The summed E-state index contributed by atoms with van der Waals surface area (Å²) < 4.78 is 6.30. The Kier molecular flexibility index (Phi) is 5.56. The molecule has 1 fully saturated rings. The first-order valence-electron chi connectivity index (χ1n) is 8.36. The van der Waals surface area contributed by atoms with Crippen molar-refractivity contribution in [1.29, 1.82) is 0 Å². The van der Waals surface area contributed by atoms with E-state index in [1.165, 1.54) is 0 Å². The molecule has 1 saturated carbocycles. The molecule has 0 amide bonds.